The molecule has 17 heavy (non-hydrogen) atoms. The molecule has 0 aromatic heterocycles. The lowest BCUT2D eigenvalue weighted by atomic mass is 10.3. The van der Waals surface area contributed by atoms with Crippen LogP contribution in [0.3, 0.4) is 0 Å². The first-order chi connectivity index (χ1) is 8.24. The van der Waals surface area contributed by atoms with Crippen LogP contribution in [-0.4, -0.2) is 31.0 Å². The summed E-state index contributed by atoms with van der Waals surface area (Å²) in [5.74, 6) is 0. The average Bonchev–Trinajstić information content (AvgIpc) is 2.80. The quantitative estimate of drug-likeness (QED) is 0.782. The Labute approximate surface area is 111 Å². The van der Waals surface area contributed by atoms with Crippen molar-refractivity contribution in [1.82, 2.24) is 5.01 Å². The number of nitrogens with zero attached hydrogens (tertiary/aromatic N) is 3. The Balaban J connectivity index is 2.37. The molecule has 2 rings (SSSR count). The lowest BCUT2D eigenvalue weighted by Gasteiger charge is -2.33. The first-order valence-corrected chi connectivity index (χ1v) is 6.08. The minimum atomic E-state index is 0.625. The van der Waals surface area contributed by atoms with Gasteiger partial charge in [0.1, 0.15) is 6.34 Å². The van der Waals surface area contributed by atoms with E-state index in [0.29, 0.717) is 16.6 Å². The number of halogens is 2. The SMILES string of the molecule is C=CCN(c1c(Cl)cccc1Cl)N1C=NCC1. The third kappa shape index (κ3) is 2.56. The lowest BCUT2D eigenvalue weighted by Crippen LogP contribution is -2.41. The van der Waals surface area contributed by atoms with Crippen LogP contribution in [0.5, 0.6) is 0 Å². The molecule has 0 saturated heterocycles. The Hall–Kier alpha value is -1.19. The first-order valence-electron chi connectivity index (χ1n) is 5.33. The van der Waals surface area contributed by atoms with E-state index in [4.69, 9.17) is 23.2 Å². The maximum atomic E-state index is 6.21. The highest BCUT2D eigenvalue weighted by molar-refractivity contribution is 6.39. The van der Waals surface area contributed by atoms with Crippen LogP contribution in [0, 0.1) is 0 Å². The summed E-state index contributed by atoms with van der Waals surface area (Å²) in [4.78, 5) is 4.19. The van der Waals surface area contributed by atoms with Crippen LogP contribution in [0.15, 0.2) is 35.8 Å². The van der Waals surface area contributed by atoms with Crippen LogP contribution in [0.25, 0.3) is 0 Å². The molecule has 0 radical (unpaired) electrons. The highest BCUT2D eigenvalue weighted by atomic mass is 35.5. The van der Waals surface area contributed by atoms with Crippen molar-refractivity contribution in [3.63, 3.8) is 0 Å². The molecule has 0 bridgehead atoms. The van der Waals surface area contributed by atoms with E-state index in [1.807, 2.05) is 34.3 Å². The van der Waals surface area contributed by atoms with Crippen molar-refractivity contribution in [2.75, 3.05) is 24.6 Å². The third-order valence-electron chi connectivity index (χ3n) is 2.48. The number of anilines is 1. The predicted molar refractivity (Wildman–Crippen MR) is 74.1 cm³/mol. The summed E-state index contributed by atoms with van der Waals surface area (Å²) in [7, 11) is 0. The Morgan fingerprint density at radius 1 is 1.41 bits per heavy atom. The Morgan fingerprint density at radius 3 is 2.65 bits per heavy atom. The van der Waals surface area contributed by atoms with Gasteiger partial charge in [-0.1, -0.05) is 35.3 Å². The summed E-state index contributed by atoms with van der Waals surface area (Å²) in [6.07, 6.45) is 3.61. The second-order valence-corrected chi connectivity index (χ2v) is 4.44. The zero-order valence-corrected chi connectivity index (χ0v) is 10.8. The smallest absolute Gasteiger partial charge is 0.104 e. The van der Waals surface area contributed by atoms with E-state index in [1.54, 1.807) is 6.34 Å². The highest BCUT2D eigenvalue weighted by Crippen LogP contribution is 2.34. The first kappa shape index (κ1) is 12.3. The van der Waals surface area contributed by atoms with Crippen LogP contribution in [0.2, 0.25) is 10.0 Å². The van der Waals surface area contributed by atoms with Gasteiger partial charge in [-0.25, -0.2) is 0 Å². The molecule has 0 fully saturated rings. The molecule has 90 valence electrons. The molecule has 1 heterocycles. The van der Waals surface area contributed by atoms with Crippen LogP contribution in [-0.2, 0) is 0 Å². The van der Waals surface area contributed by atoms with Gasteiger partial charge < -0.3 is 0 Å². The maximum Gasteiger partial charge on any atom is 0.104 e. The van der Waals surface area contributed by atoms with E-state index in [-0.39, 0.29) is 0 Å². The van der Waals surface area contributed by atoms with Crippen molar-refractivity contribution in [2.45, 2.75) is 0 Å². The Morgan fingerprint density at radius 2 is 2.12 bits per heavy atom. The van der Waals surface area contributed by atoms with Gasteiger partial charge in [0, 0.05) is 0 Å². The van der Waals surface area contributed by atoms with E-state index >= 15 is 0 Å². The van der Waals surface area contributed by atoms with Crippen molar-refractivity contribution in [3.8, 4) is 0 Å². The van der Waals surface area contributed by atoms with Gasteiger partial charge in [0.25, 0.3) is 0 Å². The standard InChI is InChI=1S/C12H13Cl2N3/c1-2-7-17(16-8-6-15-9-16)12-10(13)4-3-5-11(12)14/h2-5,9H,1,6-8H2. The lowest BCUT2D eigenvalue weighted by molar-refractivity contribution is 0.441. The molecule has 1 aromatic carbocycles. The Bertz CT molecular complexity index is 425. The summed E-state index contributed by atoms with van der Waals surface area (Å²) in [5.41, 5.74) is 0.795. The van der Waals surface area contributed by atoms with E-state index in [2.05, 4.69) is 11.6 Å². The number of hydrazine groups is 1. The summed E-state index contributed by atoms with van der Waals surface area (Å²) in [6.45, 7) is 6.01. The number of hydrogen-bond acceptors (Lipinski definition) is 3. The van der Waals surface area contributed by atoms with Gasteiger partial charge in [0.2, 0.25) is 0 Å². The molecule has 1 aromatic rings. The van der Waals surface area contributed by atoms with Gasteiger partial charge in [-0.3, -0.25) is 15.0 Å². The number of benzene rings is 1. The maximum absolute atomic E-state index is 6.21. The van der Waals surface area contributed by atoms with E-state index in [1.165, 1.54) is 0 Å². The number of rotatable bonds is 4. The molecule has 0 amide bonds. The van der Waals surface area contributed by atoms with Crippen LogP contribution in [0.4, 0.5) is 5.69 Å². The third-order valence-corrected chi connectivity index (χ3v) is 3.09. The van der Waals surface area contributed by atoms with Crippen LogP contribution >= 0.6 is 23.2 Å². The molecule has 0 atom stereocenters. The van der Waals surface area contributed by atoms with Gasteiger partial charge in [-0.05, 0) is 12.1 Å². The molecule has 0 saturated carbocycles. The van der Waals surface area contributed by atoms with Gasteiger partial charge in [0.15, 0.2) is 0 Å². The van der Waals surface area contributed by atoms with Crippen molar-refractivity contribution in [2.24, 2.45) is 4.99 Å². The average molecular weight is 270 g/mol. The molecule has 1 aliphatic rings. The molecular formula is C12H13Cl2N3. The fourth-order valence-electron chi connectivity index (χ4n) is 1.74. The molecule has 1 aliphatic heterocycles. The second-order valence-electron chi connectivity index (χ2n) is 3.63. The van der Waals surface area contributed by atoms with E-state index in [9.17, 15) is 0 Å². The minimum Gasteiger partial charge on any atom is -0.278 e. The van der Waals surface area contributed by atoms with Gasteiger partial charge >= 0.3 is 0 Å². The normalized spacial score (nSPS) is 14.1. The van der Waals surface area contributed by atoms with Crippen LogP contribution < -0.4 is 5.01 Å². The van der Waals surface area contributed by atoms with Crippen molar-refractivity contribution in [3.05, 3.63) is 40.9 Å². The summed E-state index contributed by atoms with van der Waals surface area (Å²) >= 11 is 12.4. The zero-order chi connectivity index (χ0) is 12.3. The number of hydrogen-bond donors (Lipinski definition) is 0. The summed E-state index contributed by atoms with van der Waals surface area (Å²) in [6, 6.07) is 5.48. The van der Waals surface area contributed by atoms with Crippen molar-refractivity contribution < 1.29 is 0 Å². The van der Waals surface area contributed by atoms with Gasteiger partial charge in [-0.2, -0.15) is 0 Å². The zero-order valence-electron chi connectivity index (χ0n) is 9.31. The van der Waals surface area contributed by atoms with Crippen molar-refractivity contribution >= 4 is 35.2 Å². The minimum absolute atomic E-state index is 0.625. The second kappa shape index (κ2) is 5.43. The number of aliphatic imine (C=N–C) groups is 1. The summed E-state index contributed by atoms with van der Waals surface area (Å²) in [5, 5.41) is 5.22. The molecule has 5 heteroatoms. The fourth-order valence-corrected chi connectivity index (χ4v) is 2.33. The molecule has 0 aliphatic carbocycles. The molecule has 0 N–H and O–H groups in total. The Kier molecular flexibility index (Phi) is 3.92. The molecular weight excluding hydrogens is 257 g/mol. The predicted octanol–water partition coefficient (Wildman–Crippen LogP) is 3.24. The summed E-state index contributed by atoms with van der Waals surface area (Å²) < 4.78 is 0. The van der Waals surface area contributed by atoms with Gasteiger partial charge in [0.05, 0.1) is 35.4 Å². The van der Waals surface area contributed by atoms with E-state index < -0.39 is 0 Å². The molecule has 3 nitrogen and oxygen atoms in total. The van der Waals surface area contributed by atoms with Crippen molar-refractivity contribution in [1.29, 1.82) is 0 Å². The number of para-hydroxylation sites is 1. The van der Waals surface area contributed by atoms with Crippen LogP contribution in [0.1, 0.15) is 0 Å². The van der Waals surface area contributed by atoms with Gasteiger partial charge in [-0.15, -0.1) is 6.58 Å². The monoisotopic (exact) mass is 269 g/mol. The highest BCUT2D eigenvalue weighted by Gasteiger charge is 2.19. The largest absolute Gasteiger partial charge is 0.278 e. The molecule has 0 spiro atoms. The topological polar surface area (TPSA) is 18.8 Å². The van der Waals surface area contributed by atoms with E-state index in [0.717, 1.165) is 18.8 Å². The fraction of sp³-hybridized carbons (Fsp3) is 0.250. The molecule has 0 unspecified atom stereocenters.